The molecule has 5 heteroatoms. The van der Waals surface area contributed by atoms with Crippen LogP contribution in [0, 0.1) is 17.2 Å². The van der Waals surface area contributed by atoms with Gasteiger partial charge in [0.2, 0.25) is 0 Å². The minimum absolute atomic E-state index is 0.164. The lowest BCUT2D eigenvalue weighted by Crippen LogP contribution is -2.46. The molecule has 1 aliphatic carbocycles. The van der Waals surface area contributed by atoms with Gasteiger partial charge in [-0.15, -0.1) is 0 Å². The number of likely N-dealkylation sites (tertiary alicyclic amines) is 2. The van der Waals surface area contributed by atoms with Crippen LogP contribution in [0.25, 0.3) is 0 Å². The Bertz CT molecular complexity index is 706. The molecule has 2 aliphatic heterocycles. The first-order valence-corrected chi connectivity index (χ1v) is 10.3. The van der Waals surface area contributed by atoms with Crippen LogP contribution in [0.2, 0.25) is 0 Å². The molecule has 1 aromatic rings. The van der Waals surface area contributed by atoms with Gasteiger partial charge in [0.1, 0.15) is 0 Å². The maximum absolute atomic E-state index is 12.1. The van der Waals surface area contributed by atoms with Gasteiger partial charge in [0.25, 0.3) is 0 Å². The third-order valence-corrected chi connectivity index (χ3v) is 6.93. The van der Waals surface area contributed by atoms with Gasteiger partial charge in [-0.2, -0.15) is 5.26 Å². The van der Waals surface area contributed by atoms with Gasteiger partial charge in [-0.25, -0.2) is 4.79 Å². The van der Waals surface area contributed by atoms with Gasteiger partial charge in [0.15, 0.2) is 0 Å². The highest BCUT2D eigenvalue weighted by atomic mass is 16.6. The smallest absolute Gasteiger partial charge is 0.409 e. The van der Waals surface area contributed by atoms with E-state index in [-0.39, 0.29) is 11.5 Å². The van der Waals surface area contributed by atoms with E-state index in [1.54, 1.807) is 0 Å². The second-order valence-corrected chi connectivity index (χ2v) is 8.25. The average molecular weight is 367 g/mol. The number of carbonyl (C=O) groups is 1. The summed E-state index contributed by atoms with van der Waals surface area (Å²) in [6, 6.07) is 13.9. The molecule has 1 saturated carbocycles. The minimum atomic E-state index is -0.330. The van der Waals surface area contributed by atoms with Crippen molar-refractivity contribution in [3.63, 3.8) is 0 Å². The summed E-state index contributed by atoms with van der Waals surface area (Å²) in [5.74, 6) is 0.575. The highest BCUT2D eigenvalue weighted by Gasteiger charge is 2.47. The zero-order valence-electron chi connectivity index (χ0n) is 16.1. The summed E-state index contributed by atoms with van der Waals surface area (Å²) in [4.78, 5) is 16.6. The van der Waals surface area contributed by atoms with Crippen molar-refractivity contribution in [2.75, 3.05) is 26.2 Å². The molecule has 0 bridgehead atoms. The SMILES string of the molecule is CCOC(=O)N1CC2CCN(C3CCC(C#N)(c4ccccc4)CC3)C2C1. The van der Waals surface area contributed by atoms with Crippen LogP contribution in [0.15, 0.2) is 30.3 Å². The Morgan fingerprint density at radius 3 is 2.63 bits per heavy atom. The first kappa shape index (κ1) is 18.3. The van der Waals surface area contributed by atoms with E-state index in [0.717, 1.165) is 45.3 Å². The highest BCUT2D eigenvalue weighted by Crippen LogP contribution is 2.43. The molecule has 0 N–H and O–H groups in total. The fourth-order valence-corrected chi connectivity index (χ4v) is 5.46. The quantitative estimate of drug-likeness (QED) is 0.820. The summed E-state index contributed by atoms with van der Waals surface area (Å²) in [5, 5.41) is 9.92. The van der Waals surface area contributed by atoms with E-state index in [1.165, 1.54) is 12.0 Å². The Morgan fingerprint density at radius 2 is 1.96 bits per heavy atom. The van der Waals surface area contributed by atoms with Crippen LogP contribution in [-0.4, -0.2) is 54.2 Å². The van der Waals surface area contributed by atoms with Gasteiger partial charge in [-0.1, -0.05) is 30.3 Å². The molecule has 2 unspecified atom stereocenters. The molecule has 0 radical (unpaired) electrons. The second-order valence-electron chi connectivity index (χ2n) is 8.25. The number of fused-ring (bicyclic) bond motifs is 1. The standard InChI is InChI=1S/C22H29N3O2/c1-2-27-21(26)24-14-17-10-13-25(20(17)15-24)19-8-11-22(16-23,12-9-19)18-6-4-3-5-7-18/h3-7,17,19-20H,2,8-15H2,1H3. The van der Waals surface area contributed by atoms with Crippen LogP contribution in [0.3, 0.4) is 0 Å². The Labute approximate surface area is 161 Å². The molecular formula is C22H29N3O2. The van der Waals surface area contributed by atoms with Gasteiger partial charge < -0.3 is 9.64 Å². The van der Waals surface area contributed by atoms with Crippen LogP contribution in [0.4, 0.5) is 4.79 Å². The van der Waals surface area contributed by atoms with Crippen LogP contribution in [0.1, 0.15) is 44.6 Å². The minimum Gasteiger partial charge on any atom is -0.450 e. The monoisotopic (exact) mass is 367 g/mol. The first-order chi connectivity index (χ1) is 13.2. The van der Waals surface area contributed by atoms with Crippen LogP contribution >= 0.6 is 0 Å². The topological polar surface area (TPSA) is 56.6 Å². The number of nitriles is 1. The predicted octanol–water partition coefficient (Wildman–Crippen LogP) is 3.55. The zero-order chi connectivity index (χ0) is 18.9. The number of hydrogen-bond acceptors (Lipinski definition) is 4. The summed E-state index contributed by atoms with van der Waals surface area (Å²) in [6.07, 6.45) is 4.97. The van der Waals surface area contributed by atoms with E-state index in [4.69, 9.17) is 4.74 Å². The summed E-state index contributed by atoms with van der Waals surface area (Å²) in [5.41, 5.74) is 0.836. The molecule has 1 amide bonds. The van der Waals surface area contributed by atoms with E-state index in [9.17, 15) is 10.1 Å². The van der Waals surface area contributed by atoms with E-state index in [1.807, 2.05) is 30.0 Å². The molecule has 144 valence electrons. The van der Waals surface area contributed by atoms with Gasteiger partial charge in [0.05, 0.1) is 18.1 Å². The van der Waals surface area contributed by atoms with Crippen molar-refractivity contribution in [2.24, 2.45) is 5.92 Å². The number of benzene rings is 1. The fourth-order valence-electron chi connectivity index (χ4n) is 5.46. The van der Waals surface area contributed by atoms with Gasteiger partial charge in [-0.05, 0) is 57.1 Å². The van der Waals surface area contributed by atoms with Crippen molar-refractivity contribution in [1.82, 2.24) is 9.80 Å². The summed E-state index contributed by atoms with van der Waals surface area (Å²) < 4.78 is 5.20. The number of carbonyl (C=O) groups excluding carboxylic acids is 1. The molecule has 2 heterocycles. The Balaban J connectivity index is 1.40. The molecule has 0 aromatic heterocycles. The molecule has 3 fully saturated rings. The second kappa shape index (κ2) is 7.52. The van der Waals surface area contributed by atoms with Crippen molar-refractivity contribution in [2.45, 2.75) is 56.5 Å². The lowest BCUT2D eigenvalue weighted by atomic mass is 9.69. The van der Waals surface area contributed by atoms with E-state index in [0.29, 0.717) is 24.6 Å². The van der Waals surface area contributed by atoms with Crippen molar-refractivity contribution in [3.8, 4) is 6.07 Å². The summed E-state index contributed by atoms with van der Waals surface area (Å²) >= 11 is 0. The largest absolute Gasteiger partial charge is 0.450 e. The summed E-state index contributed by atoms with van der Waals surface area (Å²) in [6.45, 7) is 5.05. The van der Waals surface area contributed by atoms with Gasteiger partial charge >= 0.3 is 6.09 Å². The highest BCUT2D eigenvalue weighted by molar-refractivity contribution is 5.68. The molecule has 1 aromatic carbocycles. The fraction of sp³-hybridized carbons (Fsp3) is 0.636. The molecular weight excluding hydrogens is 338 g/mol. The van der Waals surface area contributed by atoms with E-state index in [2.05, 4.69) is 23.1 Å². The van der Waals surface area contributed by atoms with Crippen LogP contribution in [-0.2, 0) is 10.2 Å². The predicted molar refractivity (Wildman–Crippen MR) is 103 cm³/mol. The number of nitrogens with zero attached hydrogens (tertiary/aromatic N) is 3. The van der Waals surface area contributed by atoms with E-state index >= 15 is 0 Å². The van der Waals surface area contributed by atoms with Gasteiger partial charge in [-0.3, -0.25) is 4.90 Å². The van der Waals surface area contributed by atoms with Crippen molar-refractivity contribution in [3.05, 3.63) is 35.9 Å². The Hall–Kier alpha value is -2.06. The number of ether oxygens (including phenoxy) is 1. The van der Waals surface area contributed by atoms with Gasteiger partial charge in [0, 0.05) is 25.2 Å². The molecule has 27 heavy (non-hydrogen) atoms. The average Bonchev–Trinajstić information content (AvgIpc) is 3.30. The lowest BCUT2D eigenvalue weighted by molar-refractivity contribution is 0.0976. The van der Waals surface area contributed by atoms with Crippen LogP contribution in [0.5, 0.6) is 0 Å². The summed E-state index contributed by atoms with van der Waals surface area (Å²) in [7, 11) is 0. The lowest BCUT2D eigenvalue weighted by Gasteiger charge is -2.41. The maximum Gasteiger partial charge on any atom is 0.409 e. The third kappa shape index (κ3) is 3.32. The molecule has 3 aliphatic rings. The van der Waals surface area contributed by atoms with E-state index < -0.39 is 0 Å². The Kier molecular flexibility index (Phi) is 5.10. The molecule has 4 rings (SSSR count). The maximum atomic E-state index is 12.1. The molecule has 2 saturated heterocycles. The number of amides is 1. The molecule has 0 spiro atoms. The third-order valence-electron chi connectivity index (χ3n) is 6.93. The van der Waals surface area contributed by atoms with Crippen molar-refractivity contribution < 1.29 is 9.53 Å². The molecule has 2 atom stereocenters. The van der Waals surface area contributed by atoms with Crippen molar-refractivity contribution in [1.29, 1.82) is 5.26 Å². The normalized spacial score (nSPS) is 33.5. The number of hydrogen-bond donors (Lipinski definition) is 0. The number of rotatable bonds is 3. The molecule has 5 nitrogen and oxygen atoms in total. The Morgan fingerprint density at radius 1 is 1.22 bits per heavy atom. The first-order valence-electron chi connectivity index (χ1n) is 10.3. The zero-order valence-corrected chi connectivity index (χ0v) is 16.1. The van der Waals surface area contributed by atoms with Crippen molar-refractivity contribution >= 4 is 6.09 Å². The van der Waals surface area contributed by atoms with Crippen LogP contribution < -0.4 is 0 Å².